The molecule has 1 aliphatic carbocycles. The van der Waals surface area contributed by atoms with Gasteiger partial charge in [0.15, 0.2) is 0 Å². The molecule has 0 aliphatic heterocycles. The Balaban J connectivity index is 1.83. The van der Waals surface area contributed by atoms with Crippen molar-refractivity contribution in [3.63, 3.8) is 0 Å². The molecule has 1 aromatic rings. The Kier molecular flexibility index (Phi) is 4.68. The van der Waals surface area contributed by atoms with Gasteiger partial charge in [0.25, 0.3) is 0 Å². The number of likely N-dealkylation sites (N-methyl/N-ethyl adjacent to an activating group) is 1. The van der Waals surface area contributed by atoms with E-state index in [1.54, 1.807) is 0 Å². The summed E-state index contributed by atoms with van der Waals surface area (Å²) in [7, 11) is 1.88. The van der Waals surface area contributed by atoms with E-state index in [0.29, 0.717) is 22.2 Å². The number of halogens is 2. The summed E-state index contributed by atoms with van der Waals surface area (Å²) in [5.41, 5.74) is 0.978. The van der Waals surface area contributed by atoms with Crippen molar-refractivity contribution in [2.75, 3.05) is 13.6 Å². The molecule has 2 rings (SSSR count). The second kappa shape index (κ2) is 6.07. The highest BCUT2D eigenvalue weighted by Crippen LogP contribution is 2.33. The summed E-state index contributed by atoms with van der Waals surface area (Å²) < 4.78 is 0. The lowest BCUT2D eigenvalue weighted by Gasteiger charge is -2.34. The van der Waals surface area contributed by atoms with Gasteiger partial charge in [-0.3, -0.25) is 4.79 Å². The Morgan fingerprint density at radius 2 is 2.22 bits per heavy atom. The molecule has 1 aliphatic rings. The molecule has 2 nitrogen and oxygen atoms in total. The fourth-order valence-corrected chi connectivity index (χ4v) is 3.52. The first-order valence-electron chi connectivity index (χ1n) is 6.17. The van der Waals surface area contributed by atoms with Crippen LogP contribution in [0.5, 0.6) is 0 Å². The van der Waals surface area contributed by atoms with Gasteiger partial charge in [-0.15, -0.1) is 0 Å². The molecule has 0 radical (unpaired) electrons. The summed E-state index contributed by atoms with van der Waals surface area (Å²) in [5.74, 6) is 0.818. The molecule has 0 heterocycles. The van der Waals surface area contributed by atoms with Gasteiger partial charge in [0.1, 0.15) is 0 Å². The predicted molar refractivity (Wildman–Crippen MR) is 78.2 cm³/mol. The molecule has 18 heavy (non-hydrogen) atoms. The van der Waals surface area contributed by atoms with Gasteiger partial charge in [0, 0.05) is 23.4 Å². The fraction of sp³-hybridized carbons (Fsp3) is 0.500. The first-order chi connectivity index (χ1) is 8.54. The van der Waals surface area contributed by atoms with Crippen molar-refractivity contribution in [1.82, 2.24) is 4.90 Å². The molecule has 0 unspecified atom stereocenters. The predicted octanol–water partition coefficient (Wildman–Crippen LogP) is 3.51. The zero-order valence-corrected chi connectivity index (χ0v) is 12.7. The van der Waals surface area contributed by atoms with E-state index in [9.17, 15) is 4.79 Å². The summed E-state index contributed by atoms with van der Waals surface area (Å²) in [6.45, 7) is 0.863. The fourth-order valence-electron chi connectivity index (χ4n) is 2.25. The highest BCUT2D eigenvalue weighted by Gasteiger charge is 2.28. The molecule has 98 valence electrons. The van der Waals surface area contributed by atoms with Crippen LogP contribution in [-0.2, 0) is 11.2 Å². The molecule has 1 saturated carbocycles. The van der Waals surface area contributed by atoms with Crippen molar-refractivity contribution in [3.8, 4) is 0 Å². The molecule has 0 atom stereocenters. The molecule has 1 aromatic carbocycles. The molecule has 1 amide bonds. The number of rotatable bonds is 4. The number of hydrogen-bond donors (Lipinski definition) is 0. The lowest BCUT2D eigenvalue weighted by Crippen LogP contribution is -2.38. The first kappa shape index (κ1) is 13.9. The average Bonchev–Trinajstić information content (AvgIpc) is 2.26. The van der Waals surface area contributed by atoms with Crippen LogP contribution in [0.4, 0.5) is 0 Å². The Labute approximate surface area is 121 Å². The van der Waals surface area contributed by atoms with Gasteiger partial charge in [-0.05, 0) is 36.5 Å². The summed E-state index contributed by atoms with van der Waals surface area (Å²) in [5, 5.41) is 0.684. The number of nitrogens with zero attached hydrogens (tertiary/aromatic N) is 1. The van der Waals surface area contributed by atoms with Crippen LogP contribution in [0.1, 0.15) is 18.4 Å². The molecule has 4 heteroatoms. The summed E-state index contributed by atoms with van der Waals surface area (Å²) in [4.78, 5) is 14.5. The topological polar surface area (TPSA) is 20.3 Å². The molecule has 1 fully saturated rings. The molecule has 0 N–H and O–H groups in total. The van der Waals surface area contributed by atoms with Crippen LogP contribution in [0.3, 0.4) is 0 Å². The minimum atomic E-state index is 0.162. The highest BCUT2D eigenvalue weighted by molar-refractivity contribution is 9.09. The maximum absolute atomic E-state index is 12.1. The van der Waals surface area contributed by atoms with E-state index in [1.165, 1.54) is 12.8 Å². The third kappa shape index (κ3) is 3.72. The maximum Gasteiger partial charge on any atom is 0.226 e. The Morgan fingerprint density at radius 3 is 2.83 bits per heavy atom. The zero-order chi connectivity index (χ0) is 13.1. The number of benzene rings is 1. The van der Waals surface area contributed by atoms with Gasteiger partial charge in [0.05, 0.1) is 6.42 Å². The third-order valence-corrected chi connectivity index (χ3v) is 4.36. The van der Waals surface area contributed by atoms with Crippen LogP contribution in [0.2, 0.25) is 5.02 Å². The van der Waals surface area contributed by atoms with Crippen molar-refractivity contribution in [1.29, 1.82) is 0 Å². The third-order valence-electron chi connectivity index (χ3n) is 3.38. The van der Waals surface area contributed by atoms with Crippen LogP contribution < -0.4 is 0 Å². The Hall–Kier alpha value is -0.540. The van der Waals surface area contributed by atoms with E-state index in [0.717, 1.165) is 12.1 Å². The lowest BCUT2D eigenvalue weighted by molar-refractivity contribution is -0.130. The molecule has 0 spiro atoms. The van der Waals surface area contributed by atoms with Crippen LogP contribution >= 0.6 is 27.5 Å². The Morgan fingerprint density at radius 1 is 1.50 bits per heavy atom. The van der Waals surface area contributed by atoms with Crippen molar-refractivity contribution in [2.24, 2.45) is 5.92 Å². The monoisotopic (exact) mass is 329 g/mol. The van der Waals surface area contributed by atoms with E-state index in [4.69, 9.17) is 11.6 Å². The SMILES string of the molecule is CN(CC1CC(Br)C1)C(=O)Cc1cccc(Cl)c1. The van der Waals surface area contributed by atoms with Gasteiger partial charge in [-0.25, -0.2) is 0 Å². The molecule has 0 aromatic heterocycles. The molecule has 0 bridgehead atoms. The second-order valence-electron chi connectivity index (χ2n) is 5.02. The highest BCUT2D eigenvalue weighted by atomic mass is 79.9. The van der Waals surface area contributed by atoms with Crippen LogP contribution in [0, 0.1) is 5.92 Å². The summed E-state index contributed by atoms with van der Waals surface area (Å²) in [6.07, 6.45) is 2.78. The number of hydrogen-bond acceptors (Lipinski definition) is 1. The van der Waals surface area contributed by atoms with Gasteiger partial charge < -0.3 is 4.90 Å². The van der Waals surface area contributed by atoms with Gasteiger partial charge in [-0.1, -0.05) is 39.7 Å². The average molecular weight is 331 g/mol. The summed E-state index contributed by atoms with van der Waals surface area (Å²) >= 11 is 9.48. The second-order valence-corrected chi connectivity index (χ2v) is 6.75. The standard InChI is InChI=1S/C14H17BrClNO/c1-17(9-11-5-12(15)6-11)14(18)8-10-3-2-4-13(16)7-10/h2-4,7,11-12H,5-6,8-9H2,1H3. The quantitative estimate of drug-likeness (QED) is 0.774. The lowest BCUT2D eigenvalue weighted by atomic mass is 9.85. The largest absolute Gasteiger partial charge is 0.345 e. The van der Waals surface area contributed by atoms with Crippen molar-refractivity contribution < 1.29 is 4.79 Å². The normalized spacial score (nSPS) is 22.4. The van der Waals surface area contributed by atoms with Crippen molar-refractivity contribution in [2.45, 2.75) is 24.1 Å². The minimum Gasteiger partial charge on any atom is -0.345 e. The van der Waals surface area contributed by atoms with Crippen LogP contribution in [0.25, 0.3) is 0 Å². The van der Waals surface area contributed by atoms with Gasteiger partial charge in [0.2, 0.25) is 5.91 Å². The molecule has 0 saturated heterocycles. The first-order valence-corrected chi connectivity index (χ1v) is 7.46. The molecular formula is C14H17BrClNO. The number of carbonyl (C=O) groups excluding carboxylic acids is 1. The molecular weight excluding hydrogens is 314 g/mol. The summed E-state index contributed by atoms with van der Waals surface area (Å²) in [6, 6.07) is 7.50. The number of amides is 1. The van der Waals surface area contributed by atoms with Crippen molar-refractivity contribution in [3.05, 3.63) is 34.9 Å². The Bertz CT molecular complexity index is 432. The van der Waals surface area contributed by atoms with Gasteiger partial charge in [-0.2, -0.15) is 0 Å². The van der Waals surface area contributed by atoms with E-state index < -0.39 is 0 Å². The van der Waals surface area contributed by atoms with E-state index in [-0.39, 0.29) is 5.91 Å². The smallest absolute Gasteiger partial charge is 0.226 e. The zero-order valence-electron chi connectivity index (χ0n) is 10.4. The minimum absolute atomic E-state index is 0.162. The number of carbonyl (C=O) groups is 1. The number of alkyl halides is 1. The van der Waals surface area contributed by atoms with Gasteiger partial charge >= 0.3 is 0 Å². The van der Waals surface area contributed by atoms with E-state index in [1.807, 2.05) is 36.2 Å². The van der Waals surface area contributed by atoms with Crippen LogP contribution in [-0.4, -0.2) is 29.2 Å². The van der Waals surface area contributed by atoms with Crippen LogP contribution in [0.15, 0.2) is 24.3 Å². The van der Waals surface area contributed by atoms with E-state index in [2.05, 4.69) is 15.9 Å². The maximum atomic E-state index is 12.1. The van der Waals surface area contributed by atoms with E-state index >= 15 is 0 Å². The van der Waals surface area contributed by atoms with Crippen molar-refractivity contribution >= 4 is 33.4 Å².